The molecule has 4 N–H and O–H groups in total. The van der Waals surface area contributed by atoms with Crippen LogP contribution in [0, 0.1) is 6.92 Å². The molecule has 3 aromatic heterocycles. The molecule has 0 unspecified atom stereocenters. The number of H-pyrrole nitrogens is 1. The molecule has 8 nitrogen and oxygen atoms in total. The molecule has 0 aliphatic carbocycles. The van der Waals surface area contributed by atoms with Gasteiger partial charge >= 0.3 is 0 Å². The van der Waals surface area contributed by atoms with E-state index in [1.807, 2.05) is 6.92 Å². The molecule has 96 valence electrons. The number of nitrogens with two attached hydrogens (primary N) is 1. The number of anilines is 2. The van der Waals surface area contributed by atoms with Crippen LogP contribution in [0.2, 0.25) is 0 Å². The van der Waals surface area contributed by atoms with Gasteiger partial charge in [0.25, 0.3) is 5.91 Å². The van der Waals surface area contributed by atoms with Crippen LogP contribution in [0.15, 0.2) is 24.5 Å². The van der Waals surface area contributed by atoms with Gasteiger partial charge in [0, 0.05) is 12.3 Å². The first-order valence-electron chi connectivity index (χ1n) is 5.57. The first kappa shape index (κ1) is 11.2. The van der Waals surface area contributed by atoms with E-state index in [0.29, 0.717) is 22.8 Å². The van der Waals surface area contributed by atoms with Gasteiger partial charge in [0.15, 0.2) is 5.65 Å². The lowest BCUT2D eigenvalue weighted by Gasteiger charge is -2.00. The molecule has 0 fully saturated rings. The number of hydrogen-bond acceptors (Lipinski definition) is 5. The Bertz CT molecular complexity index is 757. The average molecular weight is 257 g/mol. The van der Waals surface area contributed by atoms with E-state index in [9.17, 15) is 4.79 Å². The van der Waals surface area contributed by atoms with Gasteiger partial charge in [-0.1, -0.05) is 0 Å². The Labute approximate surface area is 107 Å². The molecule has 0 bridgehead atoms. The largest absolute Gasteiger partial charge is 0.384 e. The summed E-state index contributed by atoms with van der Waals surface area (Å²) >= 11 is 0. The van der Waals surface area contributed by atoms with Gasteiger partial charge in [-0.3, -0.25) is 9.89 Å². The molecule has 8 heteroatoms. The van der Waals surface area contributed by atoms with Crippen LogP contribution in [-0.4, -0.2) is 30.7 Å². The molecule has 0 aliphatic rings. The number of rotatable bonds is 2. The summed E-state index contributed by atoms with van der Waals surface area (Å²) in [5.41, 5.74) is 7.15. The lowest BCUT2D eigenvalue weighted by Crippen LogP contribution is -2.12. The van der Waals surface area contributed by atoms with E-state index in [2.05, 4.69) is 25.6 Å². The molecule has 3 rings (SSSR count). The van der Waals surface area contributed by atoms with Gasteiger partial charge < -0.3 is 11.1 Å². The van der Waals surface area contributed by atoms with Crippen molar-refractivity contribution in [3.05, 3.63) is 35.8 Å². The molecule has 0 aromatic carbocycles. The minimum absolute atomic E-state index is 0.322. The summed E-state index contributed by atoms with van der Waals surface area (Å²) in [6.45, 7) is 1.82. The molecule has 3 aromatic rings. The summed E-state index contributed by atoms with van der Waals surface area (Å²) in [5.74, 6) is 0.530. The summed E-state index contributed by atoms with van der Waals surface area (Å²) in [6.07, 6.45) is 3.09. The topological polar surface area (TPSA) is 114 Å². The van der Waals surface area contributed by atoms with Crippen molar-refractivity contribution < 1.29 is 4.79 Å². The highest BCUT2D eigenvalue weighted by atomic mass is 16.1. The number of carbonyl (C=O) groups excluding carboxylic acids is 1. The lowest BCUT2D eigenvalue weighted by atomic mass is 10.3. The van der Waals surface area contributed by atoms with E-state index in [4.69, 9.17) is 5.73 Å². The molecule has 0 spiro atoms. The van der Waals surface area contributed by atoms with Crippen molar-refractivity contribution in [2.24, 2.45) is 0 Å². The maximum absolute atomic E-state index is 12.1. The van der Waals surface area contributed by atoms with E-state index >= 15 is 0 Å². The molecule has 0 aliphatic heterocycles. The number of carbonyl (C=O) groups is 1. The van der Waals surface area contributed by atoms with Gasteiger partial charge in [-0.25, -0.2) is 9.50 Å². The zero-order valence-corrected chi connectivity index (χ0v) is 10.1. The van der Waals surface area contributed by atoms with Gasteiger partial charge in [0.05, 0.1) is 11.9 Å². The Kier molecular flexibility index (Phi) is 2.41. The zero-order valence-electron chi connectivity index (χ0n) is 10.1. The molecule has 3 heterocycles. The molecule has 0 radical (unpaired) electrons. The first-order chi connectivity index (χ1) is 9.13. The highest BCUT2D eigenvalue weighted by Crippen LogP contribution is 2.12. The second-order valence-electron chi connectivity index (χ2n) is 4.06. The van der Waals surface area contributed by atoms with E-state index in [-0.39, 0.29) is 5.91 Å². The van der Waals surface area contributed by atoms with Crippen LogP contribution in [0.3, 0.4) is 0 Å². The Morgan fingerprint density at radius 3 is 3.11 bits per heavy atom. The van der Waals surface area contributed by atoms with Crippen molar-refractivity contribution in [1.29, 1.82) is 0 Å². The summed E-state index contributed by atoms with van der Waals surface area (Å²) in [6, 6.07) is 3.34. The number of nitrogens with one attached hydrogen (secondary N) is 2. The summed E-state index contributed by atoms with van der Waals surface area (Å²) in [7, 11) is 0. The number of nitrogen functional groups attached to an aromatic ring is 1. The van der Waals surface area contributed by atoms with E-state index in [1.165, 1.54) is 10.7 Å². The van der Waals surface area contributed by atoms with Crippen LogP contribution in [0.4, 0.5) is 11.6 Å². The van der Waals surface area contributed by atoms with Crippen LogP contribution < -0.4 is 11.1 Å². The highest BCUT2D eigenvalue weighted by molar-refractivity contribution is 6.07. The minimum atomic E-state index is -0.322. The Balaban J connectivity index is 1.95. The van der Waals surface area contributed by atoms with Crippen molar-refractivity contribution in [3.63, 3.8) is 0 Å². The molecule has 1 amide bonds. The van der Waals surface area contributed by atoms with Crippen molar-refractivity contribution in [1.82, 2.24) is 24.8 Å². The Morgan fingerprint density at radius 1 is 1.53 bits per heavy atom. The van der Waals surface area contributed by atoms with Crippen LogP contribution in [-0.2, 0) is 0 Å². The van der Waals surface area contributed by atoms with Crippen molar-refractivity contribution in [2.45, 2.75) is 6.92 Å². The van der Waals surface area contributed by atoms with Gasteiger partial charge in [-0.15, -0.1) is 0 Å². The van der Waals surface area contributed by atoms with E-state index < -0.39 is 0 Å². The van der Waals surface area contributed by atoms with Crippen LogP contribution in [0.1, 0.15) is 16.1 Å². The van der Waals surface area contributed by atoms with Crippen molar-refractivity contribution in [2.75, 3.05) is 11.1 Å². The quantitative estimate of drug-likeness (QED) is 0.621. The molecule has 0 atom stereocenters. The fourth-order valence-corrected chi connectivity index (χ4v) is 1.72. The fourth-order valence-electron chi connectivity index (χ4n) is 1.72. The van der Waals surface area contributed by atoms with Crippen molar-refractivity contribution >= 4 is 23.2 Å². The molecular formula is C11H11N7O. The predicted octanol–water partition coefficient (Wildman–Crippen LogP) is 0.595. The first-order valence-corrected chi connectivity index (χ1v) is 5.57. The third kappa shape index (κ3) is 1.99. The molecule has 0 saturated heterocycles. The van der Waals surface area contributed by atoms with E-state index in [1.54, 1.807) is 18.3 Å². The van der Waals surface area contributed by atoms with E-state index in [0.717, 1.165) is 5.69 Å². The number of aromatic amines is 1. The maximum atomic E-state index is 12.1. The third-order valence-electron chi connectivity index (χ3n) is 2.59. The highest BCUT2D eigenvalue weighted by Gasteiger charge is 2.15. The zero-order chi connectivity index (χ0) is 13.4. The number of aryl methyl sites for hydroxylation is 1. The molecular weight excluding hydrogens is 246 g/mol. The summed E-state index contributed by atoms with van der Waals surface area (Å²) < 4.78 is 1.49. The summed E-state index contributed by atoms with van der Waals surface area (Å²) in [5, 5.41) is 13.4. The Hall–Kier alpha value is -2.90. The number of amides is 1. The number of fused-ring (bicyclic) bond motifs is 1. The van der Waals surface area contributed by atoms with Crippen LogP contribution >= 0.6 is 0 Å². The second kappa shape index (κ2) is 4.09. The fraction of sp³-hybridized carbons (Fsp3) is 0.0909. The molecule has 0 saturated carbocycles. The molecule has 19 heavy (non-hydrogen) atoms. The maximum Gasteiger partial charge on any atom is 0.262 e. The smallest absolute Gasteiger partial charge is 0.262 e. The summed E-state index contributed by atoms with van der Waals surface area (Å²) in [4.78, 5) is 16.2. The second-order valence-corrected chi connectivity index (χ2v) is 4.06. The normalized spacial score (nSPS) is 10.8. The number of aromatic nitrogens is 5. The standard InChI is InChI=1S/C11H11N7O/c1-6-4-9(17-16-6)15-11(19)7-5-13-18-3-2-8(12)14-10(7)18/h2-5H,1H3,(H2,12,14)(H2,15,16,17,19). The van der Waals surface area contributed by atoms with Gasteiger partial charge in [-0.05, 0) is 13.0 Å². The SMILES string of the molecule is Cc1cc(NC(=O)c2cnn3ccc(N)nc23)[nH]n1. The van der Waals surface area contributed by atoms with Gasteiger partial charge in [0.2, 0.25) is 0 Å². The monoisotopic (exact) mass is 257 g/mol. The predicted molar refractivity (Wildman–Crippen MR) is 68.7 cm³/mol. The lowest BCUT2D eigenvalue weighted by molar-refractivity contribution is 0.102. The third-order valence-corrected chi connectivity index (χ3v) is 2.59. The number of hydrogen-bond donors (Lipinski definition) is 3. The Morgan fingerprint density at radius 2 is 2.37 bits per heavy atom. The van der Waals surface area contributed by atoms with Crippen molar-refractivity contribution in [3.8, 4) is 0 Å². The van der Waals surface area contributed by atoms with Crippen LogP contribution in [0.25, 0.3) is 5.65 Å². The minimum Gasteiger partial charge on any atom is -0.384 e. The van der Waals surface area contributed by atoms with Gasteiger partial charge in [0.1, 0.15) is 17.2 Å². The van der Waals surface area contributed by atoms with Crippen LogP contribution in [0.5, 0.6) is 0 Å². The average Bonchev–Trinajstić information content (AvgIpc) is 2.95. The van der Waals surface area contributed by atoms with Gasteiger partial charge in [-0.2, -0.15) is 10.2 Å². The number of nitrogens with zero attached hydrogens (tertiary/aromatic N) is 4.